The molecule has 88 valence electrons. The molecule has 0 spiro atoms. The number of Topliss-reactive ketones (excluding diaryl/α,β-unsaturated/α-hetero) is 1. The van der Waals surface area contributed by atoms with Gasteiger partial charge in [-0.15, -0.1) is 0 Å². The maximum Gasteiger partial charge on any atom is 0.248 e. The van der Waals surface area contributed by atoms with Gasteiger partial charge >= 0.3 is 0 Å². The normalized spacial score (nSPS) is 23.7. The van der Waals surface area contributed by atoms with E-state index in [1.807, 2.05) is 13.8 Å². The summed E-state index contributed by atoms with van der Waals surface area (Å²) < 4.78 is 25.7. The van der Waals surface area contributed by atoms with E-state index in [0.29, 0.717) is 25.2 Å². The van der Waals surface area contributed by atoms with E-state index in [-0.39, 0.29) is 24.5 Å². The fourth-order valence-corrected chi connectivity index (χ4v) is 2.02. The van der Waals surface area contributed by atoms with E-state index in [2.05, 4.69) is 0 Å². The summed E-state index contributed by atoms with van der Waals surface area (Å²) in [7, 11) is 0. The molecule has 1 unspecified atom stereocenters. The largest absolute Gasteiger partial charge is 0.299 e. The van der Waals surface area contributed by atoms with E-state index in [1.165, 1.54) is 0 Å². The molecular formula is C12H20F2O. The molecule has 1 aliphatic rings. The topological polar surface area (TPSA) is 17.1 Å². The Kier molecular flexibility index (Phi) is 4.23. The number of hydrogen-bond donors (Lipinski definition) is 0. The number of alkyl halides is 2. The highest BCUT2D eigenvalue weighted by Gasteiger charge is 2.37. The summed E-state index contributed by atoms with van der Waals surface area (Å²) in [4.78, 5) is 11.7. The third-order valence-electron chi connectivity index (χ3n) is 3.42. The van der Waals surface area contributed by atoms with Crippen LogP contribution in [0.3, 0.4) is 0 Å². The Morgan fingerprint density at radius 2 is 1.93 bits per heavy atom. The Labute approximate surface area is 90.2 Å². The lowest BCUT2D eigenvalue weighted by Crippen LogP contribution is -2.29. The van der Waals surface area contributed by atoms with E-state index in [4.69, 9.17) is 0 Å². The predicted octanol–water partition coefficient (Wildman–Crippen LogP) is 3.82. The SMILES string of the molecule is CCC(C)CC(=O)C1CCC(F)(F)CC1. The van der Waals surface area contributed by atoms with Crippen LogP contribution in [0.1, 0.15) is 52.4 Å². The number of ketones is 1. The molecule has 0 aromatic rings. The van der Waals surface area contributed by atoms with Gasteiger partial charge in [0.25, 0.3) is 0 Å². The van der Waals surface area contributed by atoms with Crippen molar-refractivity contribution in [2.24, 2.45) is 11.8 Å². The minimum absolute atomic E-state index is 0.0985. The summed E-state index contributed by atoms with van der Waals surface area (Å²) in [6.45, 7) is 4.09. The highest BCUT2D eigenvalue weighted by Crippen LogP contribution is 2.37. The van der Waals surface area contributed by atoms with Gasteiger partial charge in [0.1, 0.15) is 5.78 Å². The molecule has 1 aliphatic carbocycles. The van der Waals surface area contributed by atoms with E-state index in [9.17, 15) is 13.6 Å². The summed E-state index contributed by atoms with van der Waals surface area (Å²) in [6, 6.07) is 0. The van der Waals surface area contributed by atoms with Gasteiger partial charge in [0.05, 0.1) is 0 Å². The van der Waals surface area contributed by atoms with Gasteiger partial charge < -0.3 is 0 Å². The Hall–Kier alpha value is -0.470. The molecule has 0 bridgehead atoms. The zero-order valence-corrected chi connectivity index (χ0v) is 9.56. The van der Waals surface area contributed by atoms with Crippen molar-refractivity contribution in [3.8, 4) is 0 Å². The van der Waals surface area contributed by atoms with Gasteiger partial charge in [0, 0.05) is 25.2 Å². The zero-order chi connectivity index (χ0) is 11.5. The third kappa shape index (κ3) is 3.88. The van der Waals surface area contributed by atoms with Crippen molar-refractivity contribution in [2.75, 3.05) is 0 Å². The first-order chi connectivity index (χ1) is 6.94. The Balaban J connectivity index is 2.36. The Bertz CT molecular complexity index is 216. The highest BCUT2D eigenvalue weighted by atomic mass is 19.3. The molecule has 1 fully saturated rings. The zero-order valence-electron chi connectivity index (χ0n) is 9.56. The van der Waals surface area contributed by atoms with Crippen molar-refractivity contribution in [3.05, 3.63) is 0 Å². The summed E-state index contributed by atoms with van der Waals surface area (Å²) in [6.07, 6.45) is 2.08. The maximum absolute atomic E-state index is 12.9. The molecule has 0 radical (unpaired) electrons. The molecule has 0 saturated heterocycles. The first-order valence-corrected chi connectivity index (χ1v) is 5.85. The van der Waals surface area contributed by atoms with Crippen molar-refractivity contribution in [3.63, 3.8) is 0 Å². The van der Waals surface area contributed by atoms with Crippen LogP contribution >= 0.6 is 0 Å². The molecule has 1 nitrogen and oxygen atoms in total. The molecule has 1 atom stereocenters. The van der Waals surface area contributed by atoms with Crippen LogP contribution in [0.2, 0.25) is 0 Å². The quantitative estimate of drug-likeness (QED) is 0.701. The van der Waals surface area contributed by atoms with Crippen molar-refractivity contribution in [2.45, 2.75) is 58.3 Å². The van der Waals surface area contributed by atoms with Crippen LogP contribution in [0.5, 0.6) is 0 Å². The van der Waals surface area contributed by atoms with Gasteiger partial charge in [-0.2, -0.15) is 0 Å². The minimum Gasteiger partial charge on any atom is -0.299 e. The summed E-state index contributed by atoms with van der Waals surface area (Å²) in [5, 5.41) is 0. The molecule has 0 aromatic heterocycles. The summed E-state index contributed by atoms with van der Waals surface area (Å²) in [5.74, 6) is -2.04. The second kappa shape index (κ2) is 5.04. The predicted molar refractivity (Wildman–Crippen MR) is 56.0 cm³/mol. The number of halogens is 2. The summed E-state index contributed by atoms with van der Waals surface area (Å²) in [5.41, 5.74) is 0. The van der Waals surface area contributed by atoms with E-state index in [1.54, 1.807) is 0 Å². The third-order valence-corrected chi connectivity index (χ3v) is 3.42. The molecule has 1 saturated carbocycles. The average molecular weight is 218 g/mol. The second-order valence-electron chi connectivity index (χ2n) is 4.81. The molecule has 0 aliphatic heterocycles. The lowest BCUT2D eigenvalue weighted by atomic mass is 9.81. The first-order valence-electron chi connectivity index (χ1n) is 5.85. The van der Waals surface area contributed by atoms with Gasteiger partial charge in [0.2, 0.25) is 5.92 Å². The van der Waals surface area contributed by atoms with Gasteiger partial charge in [-0.25, -0.2) is 8.78 Å². The Morgan fingerprint density at radius 1 is 1.40 bits per heavy atom. The molecular weight excluding hydrogens is 198 g/mol. The lowest BCUT2D eigenvalue weighted by molar-refractivity contribution is -0.127. The number of rotatable bonds is 4. The van der Waals surface area contributed by atoms with Crippen LogP contribution in [0.4, 0.5) is 8.78 Å². The number of hydrogen-bond acceptors (Lipinski definition) is 1. The monoisotopic (exact) mass is 218 g/mol. The van der Waals surface area contributed by atoms with Gasteiger partial charge in [-0.05, 0) is 18.8 Å². The first kappa shape index (κ1) is 12.6. The van der Waals surface area contributed by atoms with Gasteiger partial charge in [0.15, 0.2) is 0 Å². The number of carbonyl (C=O) groups is 1. The standard InChI is InChI=1S/C12H20F2O/c1-3-9(2)8-11(15)10-4-6-12(13,14)7-5-10/h9-10H,3-8H2,1-2H3. The van der Waals surface area contributed by atoms with Crippen molar-refractivity contribution < 1.29 is 13.6 Å². The lowest BCUT2D eigenvalue weighted by Gasteiger charge is -2.27. The number of carbonyl (C=O) groups excluding carboxylic acids is 1. The fourth-order valence-electron chi connectivity index (χ4n) is 2.02. The fraction of sp³-hybridized carbons (Fsp3) is 0.917. The van der Waals surface area contributed by atoms with E-state index >= 15 is 0 Å². The average Bonchev–Trinajstić information content (AvgIpc) is 2.17. The van der Waals surface area contributed by atoms with Crippen LogP contribution in [-0.4, -0.2) is 11.7 Å². The Morgan fingerprint density at radius 3 is 2.40 bits per heavy atom. The molecule has 3 heteroatoms. The van der Waals surface area contributed by atoms with Gasteiger partial charge in [-0.3, -0.25) is 4.79 Å². The van der Waals surface area contributed by atoms with Crippen molar-refractivity contribution >= 4 is 5.78 Å². The van der Waals surface area contributed by atoms with Crippen LogP contribution in [0.15, 0.2) is 0 Å². The molecule has 0 aromatic carbocycles. The summed E-state index contributed by atoms with van der Waals surface area (Å²) >= 11 is 0. The molecule has 1 rings (SSSR count). The van der Waals surface area contributed by atoms with Crippen LogP contribution in [-0.2, 0) is 4.79 Å². The van der Waals surface area contributed by atoms with Crippen LogP contribution < -0.4 is 0 Å². The highest BCUT2D eigenvalue weighted by molar-refractivity contribution is 5.81. The van der Waals surface area contributed by atoms with Crippen molar-refractivity contribution in [1.29, 1.82) is 0 Å². The van der Waals surface area contributed by atoms with E-state index in [0.717, 1.165) is 6.42 Å². The minimum atomic E-state index is -2.52. The van der Waals surface area contributed by atoms with Gasteiger partial charge in [-0.1, -0.05) is 20.3 Å². The second-order valence-corrected chi connectivity index (χ2v) is 4.81. The molecule has 0 amide bonds. The van der Waals surface area contributed by atoms with Crippen LogP contribution in [0.25, 0.3) is 0 Å². The van der Waals surface area contributed by atoms with Crippen molar-refractivity contribution in [1.82, 2.24) is 0 Å². The molecule has 0 N–H and O–H groups in total. The molecule has 15 heavy (non-hydrogen) atoms. The molecule has 0 heterocycles. The maximum atomic E-state index is 12.9. The smallest absolute Gasteiger partial charge is 0.248 e. The van der Waals surface area contributed by atoms with E-state index < -0.39 is 5.92 Å². The van der Waals surface area contributed by atoms with Crippen LogP contribution in [0, 0.1) is 11.8 Å².